The lowest BCUT2D eigenvalue weighted by Gasteiger charge is -2.23. The highest BCUT2D eigenvalue weighted by Gasteiger charge is 2.38. The summed E-state index contributed by atoms with van der Waals surface area (Å²) in [6, 6.07) is -0.322. The average molecular weight is 335 g/mol. The summed E-state index contributed by atoms with van der Waals surface area (Å²) in [5.74, 6) is -0.446. The van der Waals surface area contributed by atoms with Crippen molar-refractivity contribution in [3.63, 3.8) is 0 Å². The van der Waals surface area contributed by atoms with Crippen molar-refractivity contribution in [3.05, 3.63) is 12.7 Å². The van der Waals surface area contributed by atoms with Crippen molar-refractivity contribution < 1.29 is 28.2 Å². The molecule has 1 saturated heterocycles. The van der Waals surface area contributed by atoms with Gasteiger partial charge in [-0.25, -0.2) is 9.18 Å². The highest BCUT2D eigenvalue weighted by molar-refractivity contribution is 7.81. The summed E-state index contributed by atoms with van der Waals surface area (Å²) in [7, 11) is 0. The van der Waals surface area contributed by atoms with Gasteiger partial charge in [-0.05, 0) is 6.92 Å². The first kappa shape index (κ1) is 18.8. The maximum absolute atomic E-state index is 12.1. The van der Waals surface area contributed by atoms with Crippen molar-refractivity contribution in [2.24, 2.45) is 0 Å². The van der Waals surface area contributed by atoms with Crippen LogP contribution < -0.4 is 0 Å². The number of esters is 1. The molecule has 0 saturated carbocycles. The van der Waals surface area contributed by atoms with Crippen LogP contribution in [0.25, 0.3) is 0 Å². The molecule has 1 heterocycles. The average Bonchev–Trinajstić information content (AvgIpc) is 2.87. The van der Waals surface area contributed by atoms with Crippen molar-refractivity contribution in [2.75, 3.05) is 33.0 Å². The standard InChI is InChI=1S/C14H22FNO5S/c1-3-5-20-14(18)16-8-12(21-13(17)10(2)22)7-11(16)9-19-6-4-15/h3,10-12,22H,1,4-9H2,2H3/t10-,11-,12-/m0/s1. The Morgan fingerprint density at radius 3 is 2.86 bits per heavy atom. The number of alkyl halides is 1. The van der Waals surface area contributed by atoms with Crippen molar-refractivity contribution in [3.8, 4) is 0 Å². The van der Waals surface area contributed by atoms with E-state index in [4.69, 9.17) is 14.2 Å². The number of carbonyl (C=O) groups is 2. The molecular weight excluding hydrogens is 313 g/mol. The lowest BCUT2D eigenvalue weighted by molar-refractivity contribution is -0.147. The summed E-state index contributed by atoms with van der Waals surface area (Å²) < 4.78 is 27.5. The van der Waals surface area contributed by atoms with Crippen LogP contribution in [0.1, 0.15) is 13.3 Å². The number of hydrogen-bond donors (Lipinski definition) is 1. The number of halogens is 1. The van der Waals surface area contributed by atoms with Crippen molar-refractivity contribution in [2.45, 2.75) is 30.7 Å². The van der Waals surface area contributed by atoms with Gasteiger partial charge in [-0.1, -0.05) is 12.7 Å². The summed E-state index contributed by atoms with van der Waals surface area (Å²) in [6.07, 6.45) is 0.897. The Morgan fingerprint density at radius 2 is 2.27 bits per heavy atom. The predicted octanol–water partition coefficient (Wildman–Crippen LogP) is 1.60. The molecule has 1 aliphatic heterocycles. The first-order valence-electron chi connectivity index (χ1n) is 7.06. The van der Waals surface area contributed by atoms with Crippen LogP contribution >= 0.6 is 12.6 Å². The van der Waals surface area contributed by atoms with E-state index in [1.165, 1.54) is 11.0 Å². The third-order valence-corrected chi connectivity index (χ3v) is 3.30. The molecule has 1 amide bonds. The summed E-state index contributed by atoms with van der Waals surface area (Å²) in [5, 5.41) is -0.539. The quantitative estimate of drug-likeness (QED) is 0.316. The normalized spacial score (nSPS) is 22.2. The van der Waals surface area contributed by atoms with Gasteiger partial charge >= 0.3 is 12.1 Å². The molecule has 0 bridgehead atoms. The van der Waals surface area contributed by atoms with E-state index in [2.05, 4.69) is 19.2 Å². The lowest BCUT2D eigenvalue weighted by atomic mass is 10.2. The minimum Gasteiger partial charge on any atom is -0.460 e. The summed E-state index contributed by atoms with van der Waals surface area (Å²) in [6.45, 7) is 4.92. The van der Waals surface area contributed by atoms with Gasteiger partial charge in [0, 0.05) is 6.42 Å². The molecule has 6 nitrogen and oxygen atoms in total. The van der Waals surface area contributed by atoms with Crippen LogP contribution in [0, 0.1) is 0 Å². The van der Waals surface area contributed by atoms with Crippen molar-refractivity contribution in [1.29, 1.82) is 0 Å². The zero-order chi connectivity index (χ0) is 16.5. The number of nitrogens with zero attached hydrogens (tertiary/aromatic N) is 1. The number of carbonyl (C=O) groups excluding carboxylic acids is 2. The molecule has 0 N–H and O–H groups in total. The molecule has 0 spiro atoms. The van der Waals surface area contributed by atoms with Crippen LogP contribution in [0.3, 0.4) is 0 Å². The molecule has 0 aromatic carbocycles. The van der Waals surface area contributed by atoms with Gasteiger partial charge in [0.15, 0.2) is 0 Å². The second-order valence-corrected chi connectivity index (χ2v) is 5.68. The van der Waals surface area contributed by atoms with Crippen LogP contribution in [-0.4, -0.2) is 67.4 Å². The number of thiol groups is 1. The van der Waals surface area contributed by atoms with E-state index >= 15 is 0 Å². The minimum absolute atomic E-state index is 0.0375. The molecular formula is C14H22FNO5S. The van der Waals surface area contributed by atoms with E-state index in [1.807, 2.05) is 0 Å². The number of amides is 1. The molecule has 0 radical (unpaired) electrons. The topological polar surface area (TPSA) is 65.1 Å². The van der Waals surface area contributed by atoms with E-state index in [0.717, 1.165) is 0 Å². The molecule has 1 fully saturated rings. The van der Waals surface area contributed by atoms with E-state index < -0.39 is 30.1 Å². The second-order valence-electron chi connectivity index (χ2n) is 4.91. The number of ether oxygens (including phenoxy) is 3. The zero-order valence-electron chi connectivity index (χ0n) is 12.6. The molecule has 0 unspecified atom stereocenters. The maximum atomic E-state index is 12.1. The van der Waals surface area contributed by atoms with E-state index in [0.29, 0.717) is 6.42 Å². The third-order valence-electron chi connectivity index (χ3n) is 3.09. The zero-order valence-corrected chi connectivity index (χ0v) is 13.5. The van der Waals surface area contributed by atoms with Crippen LogP contribution in [0.5, 0.6) is 0 Å². The Balaban J connectivity index is 2.61. The Labute approximate surface area is 135 Å². The molecule has 0 aromatic rings. The Bertz CT molecular complexity index is 393. The molecule has 1 rings (SSSR count). The van der Waals surface area contributed by atoms with Crippen LogP contribution in [0.15, 0.2) is 12.7 Å². The number of hydrogen-bond acceptors (Lipinski definition) is 6. The number of rotatable bonds is 8. The second kappa shape index (κ2) is 9.68. The van der Waals surface area contributed by atoms with Gasteiger partial charge in [0.2, 0.25) is 0 Å². The summed E-state index contributed by atoms with van der Waals surface area (Å²) >= 11 is 4.01. The minimum atomic E-state index is -0.594. The van der Waals surface area contributed by atoms with Gasteiger partial charge in [0.05, 0.1) is 31.1 Å². The molecule has 0 aliphatic carbocycles. The fourth-order valence-electron chi connectivity index (χ4n) is 2.09. The predicted molar refractivity (Wildman–Crippen MR) is 81.8 cm³/mol. The van der Waals surface area contributed by atoms with Crippen molar-refractivity contribution >= 4 is 24.7 Å². The maximum Gasteiger partial charge on any atom is 0.410 e. The van der Waals surface area contributed by atoms with Crippen LogP contribution in [0.4, 0.5) is 9.18 Å². The fourth-order valence-corrected chi connectivity index (χ4v) is 2.15. The van der Waals surface area contributed by atoms with Crippen LogP contribution in [-0.2, 0) is 19.0 Å². The first-order valence-corrected chi connectivity index (χ1v) is 7.57. The van der Waals surface area contributed by atoms with Gasteiger partial charge < -0.3 is 14.2 Å². The monoisotopic (exact) mass is 335 g/mol. The highest BCUT2D eigenvalue weighted by Crippen LogP contribution is 2.22. The molecule has 3 atom stereocenters. The fraction of sp³-hybridized carbons (Fsp3) is 0.714. The first-order chi connectivity index (χ1) is 10.5. The molecule has 1 aliphatic rings. The molecule has 126 valence electrons. The lowest BCUT2D eigenvalue weighted by Crippen LogP contribution is -2.39. The van der Waals surface area contributed by atoms with E-state index in [1.54, 1.807) is 6.92 Å². The van der Waals surface area contributed by atoms with Gasteiger partial charge in [-0.2, -0.15) is 12.6 Å². The third kappa shape index (κ3) is 5.84. The summed E-state index contributed by atoms with van der Waals surface area (Å²) in [4.78, 5) is 25.0. The Hall–Kier alpha value is -1.28. The van der Waals surface area contributed by atoms with E-state index in [-0.39, 0.29) is 32.4 Å². The molecule has 0 aromatic heterocycles. The van der Waals surface area contributed by atoms with Gasteiger partial charge in [-0.3, -0.25) is 9.69 Å². The van der Waals surface area contributed by atoms with Gasteiger partial charge in [0.1, 0.15) is 19.4 Å². The highest BCUT2D eigenvalue weighted by atomic mass is 32.1. The smallest absolute Gasteiger partial charge is 0.410 e. The SMILES string of the molecule is C=CCOC(=O)N1C[C@@H](OC(=O)[C@H](C)S)C[C@H]1COCCF. The van der Waals surface area contributed by atoms with Crippen molar-refractivity contribution in [1.82, 2.24) is 4.90 Å². The Morgan fingerprint density at radius 1 is 1.55 bits per heavy atom. The Kier molecular flexibility index (Phi) is 8.26. The van der Waals surface area contributed by atoms with Crippen LogP contribution in [0.2, 0.25) is 0 Å². The largest absolute Gasteiger partial charge is 0.460 e. The molecule has 22 heavy (non-hydrogen) atoms. The summed E-state index contributed by atoms with van der Waals surface area (Å²) in [5.41, 5.74) is 0. The van der Waals surface area contributed by atoms with Gasteiger partial charge in [0.25, 0.3) is 0 Å². The number of likely N-dealkylation sites (tertiary alicyclic amines) is 1. The van der Waals surface area contributed by atoms with E-state index in [9.17, 15) is 14.0 Å². The molecule has 8 heteroatoms. The van der Waals surface area contributed by atoms with Gasteiger partial charge in [-0.15, -0.1) is 0 Å².